The number of nitrogens with one attached hydrogen (secondary N) is 2. The lowest BCUT2D eigenvalue weighted by Crippen LogP contribution is -2.39. The van der Waals surface area contributed by atoms with Crippen LogP contribution in [0.5, 0.6) is 5.75 Å². The molecule has 17 heteroatoms. The predicted octanol–water partition coefficient (Wildman–Crippen LogP) is 3.18. The summed E-state index contributed by atoms with van der Waals surface area (Å²) in [6.45, 7) is 1.31. The van der Waals surface area contributed by atoms with Gasteiger partial charge in [0.25, 0.3) is 0 Å². The van der Waals surface area contributed by atoms with Gasteiger partial charge in [0.15, 0.2) is 0 Å². The third kappa shape index (κ3) is 10.2. The fourth-order valence-electron chi connectivity index (χ4n) is 3.72. The summed E-state index contributed by atoms with van der Waals surface area (Å²) in [6, 6.07) is 12.2. The predicted molar refractivity (Wildman–Crippen MR) is 138 cm³/mol. The number of sulfonamides is 1. The number of hydrogen-bond donors (Lipinski definition) is 3. The average Bonchev–Trinajstić information content (AvgIpc) is 3.45. The van der Waals surface area contributed by atoms with Gasteiger partial charge in [-0.25, -0.2) is 17.5 Å². The van der Waals surface area contributed by atoms with Crippen molar-refractivity contribution in [2.24, 2.45) is 10.9 Å². The molecule has 0 spiro atoms. The van der Waals surface area contributed by atoms with Crippen LogP contribution in [-0.4, -0.2) is 81.8 Å². The molecule has 42 heavy (non-hydrogen) atoms. The van der Waals surface area contributed by atoms with E-state index in [-0.39, 0.29) is 12.5 Å². The number of para-hydroxylation sites is 1. The van der Waals surface area contributed by atoms with Crippen LogP contribution >= 0.6 is 0 Å². The van der Waals surface area contributed by atoms with Gasteiger partial charge in [-0.2, -0.15) is 13.2 Å². The summed E-state index contributed by atoms with van der Waals surface area (Å²) in [5.41, 5.74) is 1.91. The molecule has 2 aromatic carbocycles. The summed E-state index contributed by atoms with van der Waals surface area (Å²) in [6.07, 6.45) is -9.30. The number of amidine groups is 1. The highest BCUT2D eigenvalue weighted by Gasteiger charge is 2.38. The Balaban J connectivity index is 0.000000782. The molecule has 1 atom stereocenters. The van der Waals surface area contributed by atoms with Crippen molar-refractivity contribution in [2.75, 3.05) is 33.7 Å². The van der Waals surface area contributed by atoms with Crippen molar-refractivity contribution in [3.8, 4) is 5.75 Å². The first-order valence-corrected chi connectivity index (χ1v) is 13.6. The summed E-state index contributed by atoms with van der Waals surface area (Å²) in [5.74, 6) is -3.84. The first-order chi connectivity index (χ1) is 19.5. The van der Waals surface area contributed by atoms with Gasteiger partial charge in [-0.1, -0.05) is 36.4 Å². The normalized spacial score (nSPS) is 14.3. The second kappa shape index (κ2) is 14.4. The zero-order chi connectivity index (χ0) is 31.7. The molecule has 1 heterocycles. The number of carbonyl (C=O) groups is 2. The van der Waals surface area contributed by atoms with E-state index >= 15 is 0 Å². The second-order valence-corrected chi connectivity index (χ2v) is 10.8. The molecule has 0 radical (unpaired) electrons. The highest BCUT2D eigenvalue weighted by Crippen LogP contribution is 2.31. The third-order valence-electron chi connectivity index (χ3n) is 5.78. The van der Waals surface area contributed by atoms with Crippen LogP contribution < -0.4 is 15.4 Å². The topological polar surface area (TPSA) is 137 Å². The zero-order valence-electron chi connectivity index (χ0n) is 22.3. The van der Waals surface area contributed by atoms with E-state index in [0.717, 1.165) is 46.5 Å². The molecular weight excluding hydrogens is 598 g/mol. The number of ether oxygens (including phenoxy) is 1. The Morgan fingerprint density at radius 3 is 2.19 bits per heavy atom. The number of carbonyl (C=O) groups excluding carboxylic acids is 1. The molecule has 1 aliphatic heterocycles. The van der Waals surface area contributed by atoms with Crippen molar-refractivity contribution in [2.45, 2.75) is 30.3 Å². The van der Waals surface area contributed by atoms with Gasteiger partial charge in [-0.05, 0) is 30.5 Å². The SMILES string of the molecule is CNC(=O)C(CCc1ccc(C2=NCCN2)cc1)CN(C)S(=O)(=O)c1ccccc1OC(F)(F)F.O=C(O)C(F)(F)F. The monoisotopic (exact) mass is 626 g/mol. The van der Waals surface area contributed by atoms with E-state index in [4.69, 9.17) is 9.90 Å². The highest BCUT2D eigenvalue weighted by molar-refractivity contribution is 7.89. The Bertz CT molecular complexity index is 1360. The van der Waals surface area contributed by atoms with E-state index in [1.54, 1.807) is 0 Å². The van der Waals surface area contributed by atoms with E-state index in [9.17, 15) is 39.6 Å². The van der Waals surface area contributed by atoms with Gasteiger partial charge in [-0.3, -0.25) is 9.79 Å². The fourth-order valence-corrected chi connectivity index (χ4v) is 5.05. The van der Waals surface area contributed by atoms with Crippen LogP contribution in [0, 0.1) is 5.92 Å². The minimum absolute atomic E-state index is 0.221. The molecule has 0 saturated carbocycles. The van der Waals surface area contributed by atoms with Crippen LogP contribution in [0.3, 0.4) is 0 Å². The van der Waals surface area contributed by atoms with Crippen molar-refractivity contribution in [1.29, 1.82) is 0 Å². The number of halogens is 6. The molecule has 0 saturated heterocycles. The van der Waals surface area contributed by atoms with E-state index in [2.05, 4.69) is 20.4 Å². The van der Waals surface area contributed by atoms with Gasteiger partial charge in [0.1, 0.15) is 16.5 Å². The number of carboxylic acid groups (broad SMARTS) is 1. The number of nitrogens with zero attached hydrogens (tertiary/aromatic N) is 2. The molecule has 1 amide bonds. The lowest BCUT2D eigenvalue weighted by molar-refractivity contribution is -0.275. The summed E-state index contributed by atoms with van der Waals surface area (Å²) < 4.78 is 101. The van der Waals surface area contributed by atoms with Crippen molar-refractivity contribution in [3.63, 3.8) is 0 Å². The molecule has 3 rings (SSSR count). The van der Waals surface area contributed by atoms with E-state index in [1.807, 2.05) is 24.3 Å². The Morgan fingerprint density at radius 2 is 1.69 bits per heavy atom. The number of rotatable bonds is 10. The minimum Gasteiger partial charge on any atom is -0.475 e. The van der Waals surface area contributed by atoms with Crippen LogP contribution in [0.2, 0.25) is 0 Å². The first-order valence-electron chi connectivity index (χ1n) is 12.2. The maximum atomic E-state index is 13.1. The maximum absolute atomic E-state index is 13.1. The van der Waals surface area contributed by atoms with Gasteiger partial charge < -0.3 is 20.5 Å². The number of aliphatic imine (C=N–C) groups is 1. The lowest BCUT2D eigenvalue weighted by Gasteiger charge is -2.24. The van der Waals surface area contributed by atoms with Crippen LogP contribution in [0.1, 0.15) is 17.5 Å². The van der Waals surface area contributed by atoms with Crippen LogP contribution in [0.25, 0.3) is 0 Å². The maximum Gasteiger partial charge on any atom is 0.573 e. The first kappa shape index (κ1) is 34.3. The Morgan fingerprint density at radius 1 is 1.10 bits per heavy atom. The van der Waals surface area contributed by atoms with Gasteiger partial charge in [0, 0.05) is 32.7 Å². The minimum atomic E-state index is -5.08. The number of carboxylic acids is 1. The molecule has 232 valence electrons. The second-order valence-electron chi connectivity index (χ2n) is 8.79. The van der Waals surface area contributed by atoms with Gasteiger partial charge in [0.2, 0.25) is 15.9 Å². The molecule has 10 nitrogen and oxygen atoms in total. The number of amides is 1. The van der Waals surface area contributed by atoms with Crippen LogP contribution in [0.4, 0.5) is 26.3 Å². The van der Waals surface area contributed by atoms with Crippen molar-refractivity contribution in [1.82, 2.24) is 14.9 Å². The molecular formula is C25H28F6N4O6S. The lowest BCUT2D eigenvalue weighted by atomic mass is 9.98. The highest BCUT2D eigenvalue weighted by atomic mass is 32.2. The Kier molecular flexibility index (Phi) is 11.7. The smallest absolute Gasteiger partial charge is 0.475 e. The molecule has 0 aromatic heterocycles. The van der Waals surface area contributed by atoms with E-state index < -0.39 is 45.1 Å². The molecule has 1 aliphatic rings. The van der Waals surface area contributed by atoms with Crippen molar-refractivity contribution >= 4 is 27.7 Å². The van der Waals surface area contributed by atoms with E-state index in [1.165, 1.54) is 26.2 Å². The number of aryl methyl sites for hydroxylation is 1. The zero-order valence-corrected chi connectivity index (χ0v) is 23.1. The van der Waals surface area contributed by atoms with Crippen LogP contribution in [0.15, 0.2) is 58.4 Å². The van der Waals surface area contributed by atoms with Crippen molar-refractivity contribution < 1.29 is 54.2 Å². The molecule has 0 aliphatic carbocycles. The third-order valence-corrected chi connectivity index (χ3v) is 7.65. The molecule has 1 unspecified atom stereocenters. The molecule has 0 bridgehead atoms. The fraction of sp³-hybridized carbons (Fsp3) is 0.400. The number of aliphatic carboxylic acids is 1. The molecule has 3 N–H and O–H groups in total. The largest absolute Gasteiger partial charge is 0.573 e. The van der Waals surface area contributed by atoms with Crippen LogP contribution in [-0.2, 0) is 26.0 Å². The van der Waals surface area contributed by atoms with Gasteiger partial charge >= 0.3 is 18.5 Å². The Labute approximate surface area is 237 Å². The quantitative estimate of drug-likeness (QED) is 0.345. The molecule has 2 aromatic rings. The summed E-state index contributed by atoms with van der Waals surface area (Å²) in [7, 11) is -1.70. The summed E-state index contributed by atoms with van der Waals surface area (Å²) in [5, 5.41) is 12.8. The number of benzene rings is 2. The van der Waals surface area contributed by atoms with E-state index in [0.29, 0.717) is 12.8 Å². The number of alkyl halides is 6. The average molecular weight is 627 g/mol. The number of hydrogen-bond acceptors (Lipinski definition) is 7. The van der Waals surface area contributed by atoms with Gasteiger partial charge in [-0.15, -0.1) is 13.2 Å². The van der Waals surface area contributed by atoms with Gasteiger partial charge in [0.05, 0.1) is 12.5 Å². The standard InChI is InChI=1S/C23H27F3N4O4S.C2HF3O2/c1-27-22(31)18(12-9-16-7-10-17(11-8-16)21-28-13-14-29-21)15-30(2)35(32,33)20-6-4-3-5-19(20)34-23(24,25)26;3-2(4,5)1(6)7/h3-8,10-11,18H,9,12-15H2,1-2H3,(H,27,31)(H,28,29);(H,6,7). The Hall–Kier alpha value is -3.86. The van der Waals surface area contributed by atoms with Crippen molar-refractivity contribution in [3.05, 3.63) is 59.7 Å². The summed E-state index contributed by atoms with van der Waals surface area (Å²) in [4.78, 5) is 25.1. The summed E-state index contributed by atoms with van der Waals surface area (Å²) >= 11 is 0. The molecule has 0 fully saturated rings.